The summed E-state index contributed by atoms with van der Waals surface area (Å²) in [6.07, 6.45) is 2.00. The van der Waals surface area contributed by atoms with Crippen LogP contribution in [-0.2, 0) is 4.94 Å². The molecule has 3 heteroatoms. The van der Waals surface area contributed by atoms with Gasteiger partial charge in [-0.1, -0.05) is 13.8 Å². The minimum absolute atomic E-state index is 0.137. The molecule has 0 bridgehead atoms. The summed E-state index contributed by atoms with van der Waals surface area (Å²) in [5.41, 5.74) is 0.539. The van der Waals surface area contributed by atoms with Crippen molar-refractivity contribution < 1.29 is 9.47 Å². The molecule has 9 heavy (non-hydrogen) atoms. The average Bonchev–Trinajstić information content (AvgIpc) is 1.82. The quantitative estimate of drug-likeness (QED) is 0.461. The van der Waals surface area contributed by atoms with Crippen LogP contribution >= 0.6 is 0 Å². The van der Waals surface area contributed by atoms with Crippen molar-refractivity contribution in [2.45, 2.75) is 13.8 Å². The minimum Gasteiger partial charge on any atom is -0.308 e. The molecule has 0 saturated carbocycles. The van der Waals surface area contributed by atoms with Crippen LogP contribution in [0.5, 0.6) is 0 Å². The van der Waals surface area contributed by atoms with Crippen LogP contribution in [0.25, 0.3) is 0 Å². The normalized spacial score (nSPS) is 11.8. The Morgan fingerprint density at radius 2 is 2.22 bits per heavy atom. The molecule has 0 aromatic heterocycles. The van der Waals surface area contributed by atoms with E-state index < -0.39 is 0 Å². The lowest BCUT2D eigenvalue weighted by atomic mass is 10.1. The largest absolute Gasteiger partial charge is 0.308 e. The standard InChI is InChI=1S/C6H10FNO/c1-5(2)6(3-8)4-9-7/h3-5,8H,1-2H3/b6-4+,8-3?. The predicted molar refractivity (Wildman–Crippen MR) is 33.9 cm³/mol. The van der Waals surface area contributed by atoms with Gasteiger partial charge in [0.1, 0.15) is 6.26 Å². The van der Waals surface area contributed by atoms with Crippen LogP contribution in [0.15, 0.2) is 11.8 Å². The summed E-state index contributed by atoms with van der Waals surface area (Å²) in [4.78, 5) is 3.24. The summed E-state index contributed by atoms with van der Waals surface area (Å²) < 4.78 is 11.1. The van der Waals surface area contributed by atoms with Crippen molar-refractivity contribution in [3.8, 4) is 0 Å². The van der Waals surface area contributed by atoms with Crippen LogP contribution in [0.1, 0.15) is 13.8 Å². The van der Waals surface area contributed by atoms with Crippen molar-refractivity contribution >= 4 is 6.21 Å². The van der Waals surface area contributed by atoms with E-state index in [9.17, 15) is 4.53 Å². The Morgan fingerprint density at radius 1 is 1.67 bits per heavy atom. The molecule has 52 valence electrons. The maximum atomic E-state index is 11.1. The highest BCUT2D eigenvalue weighted by Gasteiger charge is 1.98. The van der Waals surface area contributed by atoms with E-state index in [4.69, 9.17) is 5.41 Å². The van der Waals surface area contributed by atoms with Gasteiger partial charge in [0, 0.05) is 16.3 Å². The number of halogens is 1. The van der Waals surface area contributed by atoms with E-state index in [0.29, 0.717) is 5.57 Å². The molecular formula is C6H10FNO. The zero-order valence-electron chi connectivity index (χ0n) is 5.52. The molecule has 2 nitrogen and oxygen atoms in total. The van der Waals surface area contributed by atoms with Crippen molar-refractivity contribution in [3.05, 3.63) is 11.8 Å². The lowest BCUT2D eigenvalue weighted by Crippen LogP contribution is -1.94. The van der Waals surface area contributed by atoms with Gasteiger partial charge in [-0.2, -0.15) is 0 Å². The molecule has 0 aliphatic carbocycles. The highest BCUT2D eigenvalue weighted by molar-refractivity contribution is 5.75. The SMILES string of the molecule is CC(C)/C(C=N)=C/OF. The zero-order chi connectivity index (χ0) is 7.28. The summed E-state index contributed by atoms with van der Waals surface area (Å²) in [7, 11) is 0. The Morgan fingerprint density at radius 3 is 2.33 bits per heavy atom. The molecule has 0 unspecified atom stereocenters. The van der Waals surface area contributed by atoms with Gasteiger partial charge in [-0.25, -0.2) is 0 Å². The van der Waals surface area contributed by atoms with Crippen molar-refractivity contribution in [2.75, 3.05) is 0 Å². The summed E-state index contributed by atoms with van der Waals surface area (Å²) >= 11 is 0. The Balaban J connectivity index is 3.97. The first-order valence-corrected chi connectivity index (χ1v) is 2.70. The van der Waals surface area contributed by atoms with Gasteiger partial charge in [-0.3, -0.25) is 0 Å². The molecule has 0 amide bonds. The Bertz CT molecular complexity index is 120. The van der Waals surface area contributed by atoms with Crippen LogP contribution in [0.2, 0.25) is 0 Å². The molecule has 0 rings (SSSR count). The highest BCUT2D eigenvalue weighted by Crippen LogP contribution is 2.05. The van der Waals surface area contributed by atoms with E-state index >= 15 is 0 Å². The third-order valence-electron chi connectivity index (χ3n) is 1.01. The summed E-state index contributed by atoms with van der Waals surface area (Å²) in [5.74, 6) is 0.137. The second-order valence-electron chi connectivity index (χ2n) is 2.01. The second kappa shape index (κ2) is 4.06. The van der Waals surface area contributed by atoms with Gasteiger partial charge in [0.25, 0.3) is 0 Å². The summed E-state index contributed by atoms with van der Waals surface area (Å²) in [5, 5.41) is 6.75. The molecule has 0 heterocycles. The van der Waals surface area contributed by atoms with E-state index in [-0.39, 0.29) is 5.92 Å². The maximum Gasteiger partial charge on any atom is 0.141 e. The van der Waals surface area contributed by atoms with Gasteiger partial charge in [-0.15, -0.1) is 0 Å². The molecule has 0 saturated heterocycles. The average molecular weight is 131 g/mol. The lowest BCUT2D eigenvalue weighted by molar-refractivity contribution is -0.0629. The first-order chi connectivity index (χ1) is 4.22. The topological polar surface area (TPSA) is 33.1 Å². The number of nitrogens with one attached hydrogen (secondary N) is 1. The van der Waals surface area contributed by atoms with Gasteiger partial charge in [0.05, 0.1) is 0 Å². The Kier molecular flexibility index (Phi) is 3.67. The molecule has 0 aromatic carbocycles. The molecule has 0 aliphatic heterocycles. The first-order valence-electron chi connectivity index (χ1n) is 2.70. The summed E-state index contributed by atoms with van der Waals surface area (Å²) in [6.45, 7) is 3.71. The fourth-order valence-corrected chi connectivity index (χ4v) is 0.388. The Labute approximate surface area is 53.7 Å². The van der Waals surface area contributed by atoms with Crippen molar-refractivity contribution in [3.63, 3.8) is 0 Å². The summed E-state index contributed by atoms with van der Waals surface area (Å²) in [6, 6.07) is 0. The van der Waals surface area contributed by atoms with E-state index in [1.807, 2.05) is 13.8 Å². The number of hydrogen-bond acceptors (Lipinski definition) is 2. The zero-order valence-corrected chi connectivity index (χ0v) is 5.52. The molecule has 0 aliphatic rings. The highest BCUT2D eigenvalue weighted by atomic mass is 19.3. The smallest absolute Gasteiger partial charge is 0.141 e. The predicted octanol–water partition coefficient (Wildman–Crippen LogP) is 2.08. The van der Waals surface area contributed by atoms with Crippen LogP contribution in [-0.4, -0.2) is 6.21 Å². The molecular weight excluding hydrogens is 121 g/mol. The third kappa shape index (κ3) is 2.85. The van der Waals surface area contributed by atoms with Crippen LogP contribution in [0, 0.1) is 11.3 Å². The molecule has 0 aromatic rings. The molecule has 1 N–H and O–H groups in total. The molecule has 0 fully saturated rings. The van der Waals surface area contributed by atoms with Crippen LogP contribution in [0.3, 0.4) is 0 Å². The maximum absolute atomic E-state index is 11.1. The van der Waals surface area contributed by atoms with Gasteiger partial charge in [0.2, 0.25) is 0 Å². The van der Waals surface area contributed by atoms with E-state index in [1.165, 1.54) is 0 Å². The van der Waals surface area contributed by atoms with E-state index in [2.05, 4.69) is 4.94 Å². The fraction of sp³-hybridized carbons (Fsp3) is 0.500. The van der Waals surface area contributed by atoms with Crippen LogP contribution in [0.4, 0.5) is 4.53 Å². The monoisotopic (exact) mass is 131 g/mol. The third-order valence-corrected chi connectivity index (χ3v) is 1.01. The fourth-order valence-electron chi connectivity index (χ4n) is 0.388. The van der Waals surface area contributed by atoms with Crippen molar-refractivity contribution in [1.29, 1.82) is 5.41 Å². The molecule has 0 atom stereocenters. The van der Waals surface area contributed by atoms with Crippen LogP contribution < -0.4 is 0 Å². The minimum atomic E-state index is 0.137. The lowest BCUT2D eigenvalue weighted by Gasteiger charge is -2.00. The molecule has 0 radical (unpaired) electrons. The van der Waals surface area contributed by atoms with Gasteiger partial charge in [-0.05, 0) is 5.92 Å². The number of allylic oxidation sites excluding steroid dienone is 1. The first kappa shape index (κ1) is 8.14. The second-order valence-corrected chi connectivity index (χ2v) is 2.01. The van der Waals surface area contributed by atoms with E-state index in [1.54, 1.807) is 0 Å². The van der Waals surface area contributed by atoms with Gasteiger partial charge >= 0.3 is 0 Å². The number of rotatable bonds is 3. The van der Waals surface area contributed by atoms with Gasteiger partial charge in [0.15, 0.2) is 0 Å². The Hall–Kier alpha value is -0.860. The van der Waals surface area contributed by atoms with Crippen molar-refractivity contribution in [1.82, 2.24) is 0 Å². The number of hydrogen-bond donors (Lipinski definition) is 1. The van der Waals surface area contributed by atoms with Gasteiger partial charge < -0.3 is 10.4 Å². The van der Waals surface area contributed by atoms with E-state index in [0.717, 1.165) is 12.5 Å². The van der Waals surface area contributed by atoms with Crippen molar-refractivity contribution in [2.24, 2.45) is 5.92 Å². The molecule has 0 spiro atoms.